The number of nitrogens with zero attached hydrogens (tertiary/aromatic N) is 1. The zero-order chi connectivity index (χ0) is 19.4. The van der Waals surface area contributed by atoms with Crippen LogP contribution in [0, 0.1) is 10.8 Å². The second-order valence-electron chi connectivity index (χ2n) is 8.47. The first kappa shape index (κ1) is 19.5. The third kappa shape index (κ3) is 5.12. The van der Waals surface area contributed by atoms with Crippen molar-refractivity contribution in [3.8, 4) is 0 Å². The van der Waals surface area contributed by atoms with E-state index in [4.69, 9.17) is 16.9 Å². The summed E-state index contributed by atoms with van der Waals surface area (Å²) in [5.41, 5.74) is 16.0. The topological polar surface area (TPSA) is 100 Å². The monoisotopic (exact) mass is 367 g/mol. The van der Waals surface area contributed by atoms with E-state index in [2.05, 4.69) is 23.3 Å². The Labute approximate surface area is 162 Å². The fraction of sp³-hybridized carbons (Fsp3) is 0.545. The number of nitrogens with two attached hydrogens (primary N) is 2. The van der Waals surface area contributed by atoms with E-state index in [1.54, 1.807) is 13.1 Å². The van der Waals surface area contributed by atoms with Gasteiger partial charge in [-0.25, -0.2) is 0 Å². The first-order valence-electron chi connectivity index (χ1n) is 10.1. The standard InChI is InChI=1S/C22H33N5/c1-22(10-11-22)14-15-8-9-18(23)17(12-15)21(25)19(24)13-20(26-2)27-16-6-4-3-5-7-16/h8-9,12-13,16,25H,3-7,10-11,14,23-24H2,1-2H3,(H,26,27). The number of allylic oxidation sites excluding steroid dienone is 1. The average molecular weight is 368 g/mol. The molecule has 2 aliphatic rings. The molecule has 6 N–H and O–H groups in total. The van der Waals surface area contributed by atoms with Crippen molar-refractivity contribution in [3.05, 3.63) is 41.1 Å². The molecule has 0 spiro atoms. The van der Waals surface area contributed by atoms with Gasteiger partial charge in [-0.2, -0.15) is 0 Å². The van der Waals surface area contributed by atoms with Gasteiger partial charge in [-0.1, -0.05) is 32.3 Å². The Balaban J connectivity index is 1.73. The van der Waals surface area contributed by atoms with Crippen LogP contribution in [0.1, 0.15) is 63.0 Å². The van der Waals surface area contributed by atoms with Gasteiger partial charge in [0.15, 0.2) is 0 Å². The van der Waals surface area contributed by atoms with Gasteiger partial charge in [0.2, 0.25) is 0 Å². The molecule has 3 rings (SSSR count). The van der Waals surface area contributed by atoms with Crippen LogP contribution in [0.25, 0.3) is 0 Å². The molecule has 0 amide bonds. The lowest BCUT2D eigenvalue weighted by atomic mass is 9.94. The molecule has 0 bridgehead atoms. The molecule has 0 aromatic heterocycles. The van der Waals surface area contributed by atoms with Gasteiger partial charge in [-0.3, -0.25) is 10.4 Å². The molecule has 2 saturated carbocycles. The van der Waals surface area contributed by atoms with Crippen molar-refractivity contribution in [3.63, 3.8) is 0 Å². The van der Waals surface area contributed by atoms with Gasteiger partial charge < -0.3 is 16.8 Å². The molecule has 0 aliphatic heterocycles. The number of rotatable bonds is 6. The van der Waals surface area contributed by atoms with E-state index in [0.717, 1.165) is 25.1 Å². The van der Waals surface area contributed by atoms with Crippen LogP contribution in [-0.2, 0) is 6.42 Å². The summed E-state index contributed by atoms with van der Waals surface area (Å²) in [7, 11) is 1.75. The Morgan fingerprint density at radius 3 is 2.63 bits per heavy atom. The van der Waals surface area contributed by atoms with Crippen LogP contribution >= 0.6 is 0 Å². The smallest absolute Gasteiger partial charge is 0.122 e. The highest BCUT2D eigenvalue weighted by molar-refractivity contribution is 6.15. The second-order valence-corrected chi connectivity index (χ2v) is 8.47. The SMILES string of the molecule is CN=C(C=C(N)C(=N)c1cc(CC2(C)CC2)ccc1N)NC1CCCCC1. The van der Waals surface area contributed by atoms with Gasteiger partial charge in [0, 0.05) is 30.4 Å². The molecule has 1 aromatic carbocycles. The summed E-state index contributed by atoms with van der Waals surface area (Å²) >= 11 is 0. The highest BCUT2D eigenvalue weighted by atomic mass is 15.0. The van der Waals surface area contributed by atoms with Crippen LogP contribution in [0.2, 0.25) is 0 Å². The fourth-order valence-corrected chi connectivity index (χ4v) is 3.81. The van der Waals surface area contributed by atoms with Gasteiger partial charge in [0.1, 0.15) is 5.84 Å². The lowest BCUT2D eigenvalue weighted by molar-refractivity contribution is 0.414. The van der Waals surface area contributed by atoms with E-state index in [9.17, 15) is 0 Å². The highest BCUT2D eigenvalue weighted by Crippen LogP contribution is 2.47. The first-order chi connectivity index (χ1) is 12.9. The predicted molar refractivity (Wildman–Crippen MR) is 114 cm³/mol. The number of benzene rings is 1. The lowest BCUT2D eigenvalue weighted by Gasteiger charge is -2.23. The number of hydrogen-bond donors (Lipinski definition) is 4. The quantitative estimate of drug-likeness (QED) is 0.350. The maximum atomic E-state index is 8.55. The molecule has 5 nitrogen and oxygen atoms in total. The summed E-state index contributed by atoms with van der Waals surface area (Å²) in [6.07, 6.45) is 11.5. The number of nitrogen functional groups attached to an aromatic ring is 1. The first-order valence-corrected chi connectivity index (χ1v) is 10.1. The third-order valence-corrected chi connectivity index (χ3v) is 5.90. The second kappa shape index (κ2) is 8.15. The Kier molecular flexibility index (Phi) is 5.88. The molecule has 0 unspecified atom stereocenters. The number of amidine groups is 1. The molecule has 0 atom stereocenters. The third-order valence-electron chi connectivity index (χ3n) is 5.90. The summed E-state index contributed by atoms with van der Waals surface area (Å²) in [6, 6.07) is 6.44. The maximum absolute atomic E-state index is 8.55. The van der Waals surface area contributed by atoms with Crippen molar-refractivity contribution >= 4 is 17.2 Å². The molecule has 27 heavy (non-hydrogen) atoms. The van der Waals surface area contributed by atoms with Gasteiger partial charge >= 0.3 is 0 Å². The van der Waals surface area contributed by atoms with Crippen molar-refractivity contribution in [2.75, 3.05) is 12.8 Å². The zero-order valence-electron chi connectivity index (χ0n) is 16.6. The number of aliphatic imine (C=N–C) groups is 1. The minimum absolute atomic E-state index is 0.266. The molecule has 0 saturated heterocycles. The highest BCUT2D eigenvalue weighted by Gasteiger charge is 2.37. The van der Waals surface area contributed by atoms with Gasteiger partial charge in [-0.05, 0) is 55.2 Å². The lowest BCUT2D eigenvalue weighted by Crippen LogP contribution is -2.36. The van der Waals surface area contributed by atoms with E-state index in [0.29, 0.717) is 28.4 Å². The normalized spacial score (nSPS) is 20.4. The van der Waals surface area contributed by atoms with E-state index in [1.165, 1.54) is 37.7 Å². The van der Waals surface area contributed by atoms with E-state index in [1.807, 2.05) is 12.1 Å². The number of nitrogens with one attached hydrogen (secondary N) is 2. The maximum Gasteiger partial charge on any atom is 0.122 e. The minimum atomic E-state index is 0.266. The Hall–Kier alpha value is -2.30. The number of hydrogen-bond acceptors (Lipinski definition) is 4. The summed E-state index contributed by atoms with van der Waals surface area (Å²) in [4.78, 5) is 4.32. The van der Waals surface area contributed by atoms with Crippen LogP contribution in [0.15, 0.2) is 35.0 Å². The summed E-state index contributed by atoms with van der Waals surface area (Å²) < 4.78 is 0. The van der Waals surface area contributed by atoms with Crippen molar-refractivity contribution in [2.45, 2.75) is 64.3 Å². The minimum Gasteiger partial charge on any atom is -0.398 e. The van der Waals surface area contributed by atoms with Crippen molar-refractivity contribution in [1.29, 1.82) is 5.41 Å². The van der Waals surface area contributed by atoms with Crippen LogP contribution in [0.5, 0.6) is 0 Å². The summed E-state index contributed by atoms with van der Waals surface area (Å²) in [5.74, 6) is 0.740. The molecule has 2 fully saturated rings. The van der Waals surface area contributed by atoms with Crippen LogP contribution in [-0.4, -0.2) is 24.6 Å². The zero-order valence-corrected chi connectivity index (χ0v) is 16.6. The van der Waals surface area contributed by atoms with Crippen molar-refractivity contribution in [2.24, 2.45) is 16.1 Å². The Bertz CT molecular complexity index is 752. The molecule has 0 radical (unpaired) electrons. The summed E-state index contributed by atoms with van der Waals surface area (Å²) in [6.45, 7) is 2.31. The molecule has 0 heterocycles. The van der Waals surface area contributed by atoms with Crippen LogP contribution in [0.3, 0.4) is 0 Å². The molecule has 1 aromatic rings. The van der Waals surface area contributed by atoms with Crippen LogP contribution < -0.4 is 16.8 Å². The van der Waals surface area contributed by atoms with E-state index >= 15 is 0 Å². The Morgan fingerprint density at radius 2 is 2.00 bits per heavy atom. The largest absolute Gasteiger partial charge is 0.398 e. The number of anilines is 1. The van der Waals surface area contributed by atoms with Crippen LogP contribution in [0.4, 0.5) is 5.69 Å². The molecular weight excluding hydrogens is 334 g/mol. The van der Waals surface area contributed by atoms with Gasteiger partial charge in [0.05, 0.1) is 11.4 Å². The van der Waals surface area contributed by atoms with Gasteiger partial charge in [-0.15, -0.1) is 0 Å². The van der Waals surface area contributed by atoms with Crippen molar-refractivity contribution < 1.29 is 0 Å². The Morgan fingerprint density at radius 1 is 1.30 bits per heavy atom. The molecule has 5 heteroatoms. The predicted octanol–water partition coefficient (Wildman–Crippen LogP) is 3.77. The fourth-order valence-electron chi connectivity index (χ4n) is 3.81. The summed E-state index contributed by atoms with van der Waals surface area (Å²) in [5, 5.41) is 12.0. The average Bonchev–Trinajstić information content (AvgIpc) is 3.39. The molecule has 146 valence electrons. The van der Waals surface area contributed by atoms with Gasteiger partial charge in [0.25, 0.3) is 0 Å². The van der Waals surface area contributed by atoms with Crippen molar-refractivity contribution in [1.82, 2.24) is 5.32 Å². The molecule has 2 aliphatic carbocycles. The molecular formula is C22H33N5. The van der Waals surface area contributed by atoms with E-state index < -0.39 is 0 Å². The van der Waals surface area contributed by atoms with E-state index in [-0.39, 0.29) is 5.71 Å².